The lowest BCUT2D eigenvalue weighted by atomic mass is 10.0. The van der Waals surface area contributed by atoms with Crippen LogP contribution in [0.25, 0.3) is 0 Å². The van der Waals surface area contributed by atoms with E-state index in [-0.39, 0.29) is 24.3 Å². The first-order valence-corrected chi connectivity index (χ1v) is 10.4. The first-order chi connectivity index (χ1) is 15.5. The molecule has 0 radical (unpaired) electrons. The number of piperazine rings is 1. The molecule has 1 saturated heterocycles. The van der Waals surface area contributed by atoms with E-state index in [0.717, 1.165) is 12.1 Å². The lowest BCUT2D eigenvalue weighted by molar-refractivity contribution is -0.138. The molecule has 2 aromatic rings. The second-order valence-corrected chi connectivity index (χ2v) is 7.89. The second kappa shape index (κ2) is 10.0. The van der Waals surface area contributed by atoms with Crippen molar-refractivity contribution >= 4 is 29.1 Å². The van der Waals surface area contributed by atoms with E-state index < -0.39 is 17.8 Å². The molecule has 10 heteroatoms. The van der Waals surface area contributed by atoms with E-state index in [4.69, 9.17) is 0 Å². The van der Waals surface area contributed by atoms with Crippen LogP contribution in [-0.2, 0) is 20.6 Å². The van der Waals surface area contributed by atoms with Crippen molar-refractivity contribution in [2.75, 3.05) is 36.8 Å². The van der Waals surface area contributed by atoms with Crippen molar-refractivity contribution < 1.29 is 27.6 Å². The monoisotopic (exact) mass is 462 g/mol. The first-order valence-electron chi connectivity index (χ1n) is 10.4. The highest BCUT2D eigenvalue weighted by atomic mass is 19.4. The third kappa shape index (κ3) is 6.55. The molecule has 7 nitrogen and oxygen atoms in total. The molecule has 1 aliphatic heterocycles. The number of amides is 3. The Labute approximate surface area is 189 Å². The zero-order valence-electron chi connectivity index (χ0n) is 18.3. The van der Waals surface area contributed by atoms with Gasteiger partial charge in [-0.15, -0.1) is 0 Å². The maximum absolute atomic E-state index is 12.9. The van der Waals surface area contributed by atoms with Crippen LogP contribution >= 0.6 is 0 Å². The van der Waals surface area contributed by atoms with Gasteiger partial charge in [-0.2, -0.15) is 13.2 Å². The lowest BCUT2D eigenvalue weighted by Gasteiger charge is -2.41. The third-order valence-electron chi connectivity index (χ3n) is 5.35. The van der Waals surface area contributed by atoms with Crippen molar-refractivity contribution in [3.63, 3.8) is 0 Å². The van der Waals surface area contributed by atoms with E-state index in [1.165, 1.54) is 26.0 Å². The van der Waals surface area contributed by atoms with Gasteiger partial charge in [0.2, 0.25) is 17.7 Å². The smallest absolute Gasteiger partial charge is 0.333 e. The highest BCUT2D eigenvalue weighted by molar-refractivity contribution is 5.93. The van der Waals surface area contributed by atoms with Gasteiger partial charge in [0.05, 0.1) is 18.2 Å². The van der Waals surface area contributed by atoms with E-state index in [1.54, 1.807) is 29.2 Å². The van der Waals surface area contributed by atoms with Gasteiger partial charge in [0, 0.05) is 44.9 Å². The van der Waals surface area contributed by atoms with Crippen molar-refractivity contribution in [3.8, 4) is 0 Å². The maximum Gasteiger partial charge on any atom is 0.416 e. The average molecular weight is 462 g/mol. The number of nitrogens with zero attached hydrogens (tertiary/aromatic N) is 2. The van der Waals surface area contributed by atoms with Crippen LogP contribution in [0.1, 0.15) is 31.0 Å². The van der Waals surface area contributed by atoms with Gasteiger partial charge in [0.1, 0.15) is 0 Å². The Morgan fingerprint density at radius 1 is 0.909 bits per heavy atom. The molecule has 3 rings (SSSR count). The molecule has 1 fully saturated rings. The number of rotatable bonds is 5. The summed E-state index contributed by atoms with van der Waals surface area (Å²) in [5, 5.41) is 5.43. The van der Waals surface area contributed by atoms with Gasteiger partial charge in [0.25, 0.3) is 0 Å². The molecular formula is C23H25F3N4O3. The Hall–Kier alpha value is -3.40. The van der Waals surface area contributed by atoms with Crippen molar-refractivity contribution in [2.24, 2.45) is 0 Å². The van der Waals surface area contributed by atoms with Crippen molar-refractivity contribution in [3.05, 3.63) is 59.7 Å². The van der Waals surface area contributed by atoms with E-state index >= 15 is 0 Å². The molecule has 0 aromatic heterocycles. The number of hydrogen-bond donors (Lipinski definition) is 2. The number of carbonyl (C=O) groups is 3. The van der Waals surface area contributed by atoms with Crippen LogP contribution in [0.5, 0.6) is 0 Å². The number of anilines is 2. The topological polar surface area (TPSA) is 81.8 Å². The fraction of sp³-hybridized carbons (Fsp3) is 0.348. The van der Waals surface area contributed by atoms with Crippen LogP contribution in [0.3, 0.4) is 0 Å². The van der Waals surface area contributed by atoms with E-state index in [1.807, 2.05) is 4.90 Å². The molecule has 0 aliphatic carbocycles. The molecule has 1 atom stereocenters. The molecule has 3 amide bonds. The Morgan fingerprint density at radius 2 is 1.48 bits per heavy atom. The molecule has 1 heterocycles. The van der Waals surface area contributed by atoms with Crippen LogP contribution in [-0.4, -0.2) is 53.7 Å². The molecule has 0 spiro atoms. The number of nitrogens with one attached hydrogen (secondary N) is 2. The normalized spacial score (nSPS) is 16.9. The molecule has 0 saturated carbocycles. The summed E-state index contributed by atoms with van der Waals surface area (Å²) in [5.74, 6) is -0.632. The summed E-state index contributed by atoms with van der Waals surface area (Å²) in [6.45, 7) is 4.03. The summed E-state index contributed by atoms with van der Waals surface area (Å²) < 4.78 is 38.7. The summed E-state index contributed by atoms with van der Waals surface area (Å²) in [7, 11) is 0. The van der Waals surface area contributed by atoms with Crippen molar-refractivity contribution in [1.82, 2.24) is 9.80 Å². The van der Waals surface area contributed by atoms with E-state index in [0.29, 0.717) is 36.6 Å². The minimum atomic E-state index is -4.43. The first kappa shape index (κ1) is 24.2. The van der Waals surface area contributed by atoms with Crippen molar-refractivity contribution in [1.29, 1.82) is 0 Å². The van der Waals surface area contributed by atoms with Crippen molar-refractivity contribution in [2.45, 2.75) is 26.1 Å². The molecule has 1 unspecified atom stereocenters. The third-order valence-corrected chi connectivity index (χ3v) is 5.35. The highest BCUT2D eigenvalue weighted by Gasteiger charge is 2.33. The lowest BCUT2D eigenvalue weighted by Crippen LogP contribution is -2.51. The molecular weight excluding hydrogens is 437 g/mol. The Kier molecular flexibility index (Phi) is 7.37. The fourth-order valence-electron chi connectivity index (χ4n) is 3.78. The average Bonchev–Trinajstić information content (AvgIpc) is 2.74. The SMILES string of the molecule is CC(=O)Nc1ccc(NC(=O)CN2CCN(C(C)=O)C(c3ccc(C(F)(F)F)cc3)C2)cc1. The Balaban J connectivity index is 1.65. The number of alkyl halides is 3. The Morgan fingerprint density at radius 3 is 2.00 bits per heavy atom. The number of carbonyl (C=O) groups excluding carboxylic acids is 3. The van der Waals surface area contributed by atoms with Gasteiger partial charge in [-0.25, -0.2) is 0 Å². The van der Waals surface area contributed by atoms with Crippen LogP contribution in [0, 0.1) is 0 Å². The van der Waals surface area contributed by atoms with Crippen LogP contribution in [0.15, 0.2) is 48.5 Å². The molecule has 1 aliphatic rings. The number of halogens is 3. The maximum atomic E-state index is 12.9. The van der Waals surface area contributed by atoms with Gasteiger partial charge in [-0.3, -0.25) is 19.3 Å². The van der Waals surface area contributed by atoms with Gasteiger partial charge in [0.15, 0.2) is 0 Å². The van der Waals surface area contributed by atoms with E-state index in [2.05, 4.69) is 10.6 Å². The van der Waals surface area contributed by atoms with Gasteiger partial charge >= 0.3 is 6.18 Å². The molecule has 176 valence electrons. The summed E-state index contributed by atoms with van der Waals surface area (Å²) >= 11 is 0. The zero-order valence-corrected chi connectivity index (χ0v) is 18.3. The highest BCUT2D eigenvalue weighted by Crippen LogP contribution is 2.32. The molecule has 0 bridgehead atoms. The summed E-state index contributed by atoms with van der Waals surface area (Å²) in [5.41, 5.74) is 1.00. The second-order valence-electron chi connectivity index (χ2n) is 7.89. The summed E-state index contributed by atoms with van der Waals surface area (Å²) in [6, 6.07) is 11.0. The van der Waals surface area contributed by atoms with Gasteiger partial charge < -0.3 is 15.5 Å². The largest absolute Gasteiger partial charge is 0.416 e. The standard InChI is InChI=1S/C23H25F3N4O3/c1-15(31)27-19-7-9-20(10-8-19)28-22(33)14-29-11-12-30(16(2)32)21(13-29)17-3-5-18(6-4-17)23(24,25)26/h3-10,21H,11-14H2,1-2H3,(H,27,31)(H,28,33). The Bertz CT molecular complexity index is 1010. The minimum Gasteiger partial charge on any atom is -0.333 e. The van der Waals surface area contributed by atoms with Crippen LogP contribution in [0.4, 0.5) is 24.5 Å². The summed E-state index contributed by atoms with van der Waals surface area (Å²) in [6.07, 6.45) is -4.43. The number of hydrogen-bond acceptors (Lipinski definition) is 4. The predicted octanol–water partition coefficient (Wildman–Crippen LogP) is 3.51. The van der Waals surface area contributed by atoms with E-state index in [9.17, 15) is 27.6 Å². The van der Waals surface area contributed by atoms with Gasteiger partial charge in [-0.05, 0) is 42.0 Å². The quantitative estimate of drug-likeness (QED) is 0.713. The molecule has 2 N–H and O–H groups in total. The summed E-state index contributed by atoms with van der Waals surface area (Å²) in [4.78, 5) is 39.2. The minimum absolute atomic E-state index is 0.0658. The fourth-order valence-corrected chi connectivity index (χ4v) is 3.78. The molecule has 33 heavy (non-hydrogen) atoms. The van der Waals surface area contributed by atoms with Crippen LogP contribution in [0.2, 0.25) is 0 Å². The van der Waals surface area contributed by atoms with Crippen LogP contribution < -0.4 is 10.6 Å². The molecule has 2 aromatic carbocycles. The number of benzene rings is 2. The zero-order chi connectivity index (χ0) is 24.2. The predicted molar refractivity (Wildman–Crippen MR) is 117 cm³/mol. The van der Waals surface area contributed by atoms with Gasteiger partial charge in [-0.1, -0.05) is 12.1 Å².